The van der Waals surface area contributed by atoms with Crippen molar-refractivity contribution in [2.24, 2.45) is 17.8 Å². The third kappa shape index (κ3) is 3.45. The van der Waals surface area contributed by atoms with Crippen LogP contribution in [-0.2, 0) is 20.8 Å². The van der Waals surface area contributed by atoms with E-state index in [9.17, 15) is 5.11 Å². The molecule has 0 aliphatic heterocycles. The van der Waals surface area contributed by atoms with Crippen molar-refractivity contribution in [3.8, 4) is 0 Å². The molecule has 4 unspecified atom stereocenters. The van der Waals surface area contributed by atoms with Gasteiger partial charge in [0.2, 0.25) is 0 Å². The molecule has 4 nitrogen and oxygen atoms in total. The van der Waals surface area contributed by atoms with Gasteiger partial charge in [0.05, 0.1) is 19.3 Å². The Kier molecular flexibility index (Phi) is 5.37. The number of rotatable bonds is 6. The van der Waals surface area contributed by atoms with Crippen molar-refractivity contribution in [2.45, 2.75) is 44.2 Å². The van der Waals surface area contributed by atoms with Crippen LogP contribution in [0.5, 0.6) is 0 Å². The summed E-state index contributed by atoms with van der Waals surface area (Å²) in [6.45, 7) is 1.20. The standard InChI is InChI=1S/C19H28O4/c1-21-19(22-2)11-15-8-9-16(20)10-17(15)18(19)13-23-12-14-6-4-3-5-7-14/h3-7,15-18,20H,8-13H2,1-2H3. The van der Waals surface area contributed by atoms with Gasteiger partial charge in [-0.1, -0.05) is 30.3 Å². The van der Waals surface area contributed by atoms with Crippen LogP contribution in [-0.4, -0.2) is 37.8 Å². The van der Waals surface area contributed by atoms with Gasteiger partial charge in [-0.05, 0) is 36.7 Å². The zero-order chi connectivity index (χ0) is 16.3. The largest absolute Gasteiger partial charge is 0.393 e. The quantitative estimate of drug-likeness (QED) is 0.819. The molecule has 0 radical (unpaired) electrons. The predicted octanol–water partition coefficient (Wildman–Crippen LogP) is 2.99. The first-order chi connectivity index (χ1) is 11.2. The van der Waals surface area contributed by atoms with Gasteiger partial charge in [0, 0.05) is 26.6 Å². The molecule has 2 aliphatic rings. The second kappa shape index (κ2) is 7.31. The Bertz CT molecular complexity index is 485. The average molecular weight is 320 g/mol. The lowest BCUT2D eigenvalue weighted by molar-refractivity contribution is -0.241. The maximum atomic E-state index is 10.1. The lowest BCUT2D eigenvalue weighted by Gasteiger charge is -2.36. The zero-order valence-corrected chi connectivity index (χ0v) is 14.1. The smallest absolute Gasteiger partial charge is 0.173 e. The first-order valence-electron chi connectivity index (χ1n) is 8.58. The van der Waals surface area contributed by atoms with Crippen molar-refractivity contribution in [3.05, 3.63) is 35.9 Å². The van der Waals surface area contributed by atoms with Crippen molar-refractivity contribution in [2.75, 3.05) is 20.8 Å². The fraction of sp³-hybridized carbons (Fsp3) is 0.684. The molecular formula is C19H28O4. The molecule has 0 aromatic heterocycles. The molecule has 0 saturated heterocycles. The van der Waals surface area contributed by atoms with E-state index in [0.29, 0.717) is 25.0 Å². The van der Waals surface area contributed by atoms with E-state index in [-0.39, 0.29) is 12.0 Å². The van der Waals surface area contributed by atoms with Gasteiger partial charge in [-0.25, -0.2) is 0 Å². The normalized spacial score (nSPS) is 32.7. The predicted molar refractivity (Wildman–Crippen MR) is 87.8 cm³/mol. The van der Waals surface area contributed by atoms with E-state index in [1.807, 2.05) is 18.2 Å². The van der Waals surface area contributed by atoms with Crippen LogP contribution in [0, 0.1) is 17.8 Å². The molecule has 2 saturated carbocycles. The first kappa shape index (κ1) is 16.9. The molecule has 0 bridgehead atoms. The Morgan fingerprint density at radius 3 is 2.57 bits per heavy atom. The van der Waals surface area contributed by atoms with E-state index in [1.165, 1.54) is 5.56 Å². The van der Waals surface area contributed by atoms with Gasteiger partial charge in [0.1, 0.15) is 0 Å². The second-order valence-corrected chi connectivity index (χ2v) is 6.92. The average Bonchev–Trinajstić information content (AvgIpc) is 2.90. The van der Waals surface area contributed by atoms with E-state index in [0.717, 1.165) is 25.7 Å². The number of aliphatic hydroxyl groups excluding tert-OH is 1. The maximum Gasteiger partial charge on any atom is 0.173 e. The number of hydrogen-bond acceptors (Lipinski definition) is 4. The van der Waals surface area contributed by atoms with E-state index >= 15 is 0 Å². The van der Waals surface area contributed by atoms with Crippen LogP contribution in [0.3, 0.4) is 0 Å². The highest BCUT2D eigenvalue weighted by Gasteiger charge is 2.55. The highest BCUT2D eigenvalue weighted by atomic mass is 16.7. The van der Waals surface area contributed by atoms with Crippen molar-refractivity contribution >= 4 is 0 Å². The van der Waals surface area contributed by atoms with Crippen molar-refractivity contribution < 1.29 is 19.3 Å². The zero-order valence-electron chi connectivity index (χ0n) is 14.1. The number of methoxy groups -OCH3 is 2. The Hall–Kier alpha value is -0.940. The molecule has 128 valence electrons. The fourth-order valence-electron chi connectivity index (χ4n) is 4.52. The van der Waals surface area contributed by atoms with Crippen LogP contribution in [0.2, 0.25) is 0 Å². The van der Waals surface area contributed by atoms with Gasteiger partial charge in [-0.15, -0.1) is 0 Å². The molecular weight excluding hydrogens is 292 g/mol. The Morgan fingerprint density at radius 1 is 1.13 bits per heavy atom. The molecule has 1 aromatic rings. The minimum atomic E-state index is -0.573. The van der Waals surface area contributed by atoms with Crippen molar-refractivity contribution in [3.63, 3.8) is 0 Å². The molecule has 4 heteroatoms. The van der Waals surface area contributed by atoms with Crippen LogP contribution >= 0.6 is 0 Å². The fourth-order valence-corrected chi connectivity index (χ4v) is 4.52. The molecule has 1 aromatic carbocycles. The van der Waals surface area contributed by atoms with Gasteiger partial charge >= 0.3 is 0 Å². The van der Waals surface area contributed by atoms with Crippen LogP contribution in [0.15, 0.2) is 30.3 Å². The summed E-state index contributed by atoms with van der Waals surface area (Å²) in [4.78, 5) is 0. The highest BCUT2D eigenvalue weighted by molar-refractivity contribution is 5.13. The number of fused-ring (bicyclic) bond motifs is 1. The summed E-state index contributed by atoms with van der Waals surface area (Å²) in [6, 6.07) is 10.2. The van der Waals surface area contributed by atoms with E-state index < -0.39 is 5.79 Å². The summed E-state index contributed by atoms with van der Waals surface area (Å²) in [5, 5.41) is 10.1. The van der Waals surface area contributed by atoms with Gasteiger partial charge in [-0.2, -0.15) is 0 Å². The first-order valence-corrected chi connectivity index (χ1v) is 8.58. The van der Waals surface area contributed by atoms with Crippen molar-refractivity contribution in [1.82, 2.24) is 0 Å². The molecule has 2 aliphatic carbocycles. The van der Waals surface area contributed by atoms with Gasteiger partial charge in [0.15, 0.2) is 5.79 Å². The van der Waals surface area contributed by atoms with Gasteiger partial charge in [-0.3, -0.25) is 0 Å². The number of hydrogen-bond donors (Lipinski definition) is 1. The van der Waals surface area contributed by atoms with Crippen molar-refractivity contribution in [1.29, 1.82) is 0 Å². The highest BCUT2D eigenvalue weighted by Crippen LogP contribution is 2.52. The summed E-state index contributed by atoms with van der Waals surface area (Å²) in [5.74, 6) is 0.565. The minimum Gasteiger partial charge on any atom is -0.393 e. The lowest BCUT2D eigenvalue weighted by Crippen LogP contribution is -2.42. The monoisotopic (exact) mass is 320 g/mol. The molecule has 1 N–H and O–H groups in total. The Balaban J connectivity index is 1.67. The molecule has 4 atom stereocenters. The van der Waals surface area contributed by atoms with E-state index in [1.54, 1.807) is 14.2 Å². The van der Waals surface area contributed by atoms with Crippen LogP contribution in [0.4, 0.5) is 0 Å². The summed E-state index contributed by atoms with van der Waals surface area (Å²) in [7, 11) is 3.45. The number of ether oxygens (including phenoxy) is 3. The van der Waals surface area contributed by atoms with E-state index in [2.05, 4.69) is 12.1 Å². The number of aliphatic hydroxyl groups is 1. The van der Waals surface area contributed by atoms with Crippen LogP contribution in [0.1, 0.15) is 31.2 Å². The Morgan fingerprint density at radius 2 is 1.87 bits per heavy atom. The van der Waals surface area contributed by atoms with Crippen LogP contribution < -0.4 is 0 Å². The second-order valence-electron chi connectivity index (χ2n) is 6.92. The maximum absolute atomic E-state index is 10.1. The molecule has 0 heterocycles. The Labute approximate surface area is 138 Å². The van der Waals surface area contributed by atoms with Crippen LogP contribution in [0.25, 0.3) is 0 Å². The molecule has 2 fully saturated rings. The summed E-state index contributed by atoms with van der Waals surface area (Å²) >= 11 is 0. The third-order valence-electron chi connectivity index (χ3n) is 5.75. The molecule has 23 heavy (non-hydrogen) atoms. The molecule has 0 spiro atoms. The third-order valence-corrected chi connectivity index (χ3v) is 5.75. The topological polar surface area (TPSA) is 47.9 Å². The summed E-state index contributed by atoms with van der Waals surface area (Å²) in [6.07, 6.45) is 3.48. The number of benzene rings is 1. The summed E-state index contributed by atoms with van der Waals surface area (Å²) in [5.41, 5.74) is 1.17. The lowest BCUT2D eigenvalue weighted by atomic mass is 9.77. The van der Waals surface area contributed by atoms with Gasteiger partial charge in [0.25, 0.3) is 0 Å². The van der Waals surface area contributed by atoms with Gasteiger partial charge < -0.3 is 19.3 Å². The molecule has 3 rings (SSSR count). The SMILES string of the molecule is COC1(OC)CC2CCC(O)CC2C1COCc1ccccc1. The minimum absolute atomic E-state index is 0.168. The summed E-state index contributed by atoms with van der Waals surface area (Å²) < 4.78 is 17.6. The van der Waals surface area contributed by atoms with E-state index in [4.69, 9.17) is 14.2 Å². The molecule has 0 amide bonds.